The molecule has 0 atom stereocenters. The summed E-state index contributed by atoms with van der Waals surface area (Å²) in [5, 5.41) is 2.16. The highest BCUT2D eigenvalue weighted by molar-refractivity contribution is 5.97. The second-order valence-electron chi connectivity index (χ2n) is 5.12. The zero-order chi connectivity index (χ0) is 18.2. The number of amides is 1. The molecule has 0 bridgehead atoms. The summed E-state index contributed by atoms with van der Waals surface area (Å²) in [5.41, 5.74) is 0.265. The molecule has 5 nitrogen and oxygen atoms in total. The number of carbonyl (C=O) groups excluding carboxylic acids is 3. The van der Waals surface area contributed by atoms with E-state index in [1.54, 1.807) is 30.3 Å². The van der Waals surface area contributed by atoms with E-state index in [-0.39, 0.29) is 24.3 Å². The van der Waals surface area contributed by atoms with Crippen molar-refractivity contribution in [3.63, 3.8) is 0 Å². The highest BCUT2D eigenvalue weighted by atomic mass is 19.1. The van der Waals surface area contributed by atoms with Crippen LogP contribution in [0.25, 0.3) is 0 Å². The number of carbonyl (C=O) groups is 3. The molecule has 0 heterocycles. The molecule has 0 aliphatic heterocycles. The zero-order valence-electron chi connectivity index (χ0n) is 13.1. The van der Waals surface area contributed by atoms with E-state index < -0.39 is 30.1 Å². The fourth-order valence-electron chi connectivity index (χ4n) is 1.98. The van der Waals surface area contributed by atoms with E-state index in [4.69, 9.17) is 4.74 Å². The van der Waals surface area contributed by atoms with Crippen molar-refractivity contribution in [2.24, 2.45) is 0 Å². The Morgan fingerprint density at radius 3 is 2.36 bits per heavy atom. The van der Waals surface area contributed by atoms with Crippen molar-refractivity contribution in [2.45, 2.75) is 12.8 Å². The molecule has 0 spiro atoms. The maximum absolute atomic E-state index is 13.4. The molecular formula is C18H15F2NO4. The normalized spacial score (nSPS) is 10.2. The van der Waals surface area contributed by atoms with Crippen LogP contribution in [0.5, 0.6) is 0 Å². The first kappa shape index (κ1) is 18.3. The summed E-state index contributed by atoms with van der Waals surface area (Å²) < 4.78 is 30.9. The molecule has 2 aromatic rings. The number of ether oxygens (including phenoxy) is 1. The van der Waals surface area contributed by atoms with Crippen LogP contribution >= 0.6 is 0 Å². The van der Waals surface area contributed by atoms with Crippen LogP contribution in [0.15, 0.2) is 48.5 Å². The van der Waals surface area contributed by atoms with Gasteiger partial charge in [-0.15, -0.1) is 0 Å². The number of anilines is 1. The van der Waals surface area contributed by atoms with E-state index in [0.29, 0.717) is 11.6 Å². The third-order valence-corrected chi connectivity index (χ3v) is 3.22. The van der Waals surface area contributed by atoms with Crippen LogP contribution in [0.1, 0.15) is 23.2 Å². The minimum absolute atomic E-state index is 0.0446. The number of halogens is 2. The molecule has 2 rings (SSSR count). The minimum Gasteiger partial charge on any atom is -0.456 e. The second kappa shape index (κ2) is 8.68. The number of ketones is 1. The number of hydrogen-bond acceptors (Lipinski definition) is 4. The maximum atomic E-state index is 13.4. The average molecular weight is 347 g/mol. The smallest absolute Gasteiger partial charge is 0.306 e. The van der Waals surface area contributed by atoms with Crippen LogP contribution in [0.3, 0.4) is 0 Å². The highest BCUT2D eigenvalue weighted by Gasteiger charge is 2.13. The van der Waals surface area contributed by atoms with Gasteiger partial charge in [0.25, 0.3) is 5.91 Å². The first-order valence-corrected chi connectivity index (χ1v) is 7.44. The summed E-state index contributed by atoms with van der Waals surface area (Å²) in [4.78, 5) is 35.0. The molecule has 1 N–H and O–H groups in total. The van der Waals surface area contributed by atoms with Crippen molar-refractivity contribution in [2.75, 3.05) is 11.9 Å². The van der Waals surface area contributed by atoms with E-state index in [0.717, 1.165) is 12.1 Å². The van der Waals surface area contributed by atoms with Gasteiger partial charge in [0, 0.05) is 18.1 Å². The Labute approximate surface area is 142 Å². The van der Waals surface area contributed by atoms with Crippen molar-refractivity contribution >= 4 is 23.3 Å². The zero-order valence-corrected chi connectivity index (χ0v) is 13.1. The number of Topliss-reactive ketones (excluding diaryl/α,β-unsaturated/α-hetero) is 1. The van der Waals surface area contributed by atoms with Crippen molar-refractivity contribution < 1.29 is 27.9 Å². The molecule has 0 aliphatic rings. The predicted octanol–water partition coefficient (Wildman–Crippen LogP) is 3.11. The van der Waals surface area contributed by atoms with Crippen molar-refractivity contribution in [1.82, 2.24) is 0 Å². The molecule has 0 saturated heterocycles. The van der Waals surface area contributed by atoms with Gasteiger partial charge >= 0.3 is 5.97 Å². The van der Waals surface area contributed by atoms with Gasteiger partial charge in [-0.05, 0) is 12.1 Å². The van der Waals surface area contributed by atoms with Gasteiger partial charge in [0.15, 0.2) is 12.4 Å². The monoisotopic (exact) mass is 347 g/mol. The topological polar surface area (TPSA) is 72.5 Å². The van der Waals surface area contributed by atoms with Crippen molar-refractivity contribution in [3.8, 4) is 0 Å². The predicted molar refractivity (Wildman–Crippen MR) is 86.0 cm³/mol. The third-order valence-electron chi connectivity index (χ3n) is 3.22. The van der Waals surface area contributed by atoms with E-state index in [2.05, 4.69) is 5.32 Å². The van der Waals surface area contributed by atoms with Crippen LogP contribution in [0.4, 0.5) is 14.5 Å². The molecule has 130 valence electrons. The van der Waals surface area contributed by atoms with Crippen molar-refractivity contribution in [3.05, 3.63) is 65.7 Å². The summed E-state index contributed by atoms with van der Waals surface area (Å²) in [6.45, 7) is -0.630. The SMILES string of the molecule is O=C(COC(=O)CCC(=O)c1ccccc1)Nc1ccc(F)cc1F. The van der Waals surface area contributed by atoms with E-state index in [1.165, 1.54) is 0 Å². The van der Waals surface area contributed by atoms with Crippen LogP contribution in [-0.4, -0.2) is 24.3 Å². The number of nitrogens with one attached hydrogen (secondary N) is 1. The van der Waals surface area contributed by atoms with Crippen LogP contribution in [0.2, 0.25) is 0 Å². The van der Waals surface area contributed by atoms with Gasteiger partial charge in [0.1, 0.15) is 11.6 Å². The molecule has 1 amide bonds. The lowest BCUT2D eigenvalue weighted by Gasteiger charge is -2.07. The Morgan fingerprint density at radius 1 is 0.960 bits per heavy atom. The standard InChI is InChI=1S/C18H15F2NO4/c19-13-6-7-15(14(20)10-13)21-17(23)11-25-18(24)9-8-16(22)12-4-2-1-3-5-12/h1-7,10H,8-9,11H2,(H,21,23). The van der Waals surface area contributed by atoms with Crippen molar-refractivity contribution in [1.29, 1.82) is 0 Å². The Bertz CT molecular complexity index is 778. The summed E-state index contributed by atoms with van der Waals surface area (Å²) in [6.07, 6.45) is -0.219. The number of benzene rings is 2. The second-order valence-corrected chi connectivity index (χ2v) is 5.12. The van der Waals surface area contributed by atoms with E-state index >= 15 is 0 Å². The largest absolute Gasteiger partial charge is 0.456 e. The van der Waals surface area contributed by atoms with Crippen LogP contribution in [0, 0.1) is 11.6 Å². The molecule has 2 aromatic carbocycles. The first-order valence-electron chi connectivity index (χ1n) is 7.44. The summed E-state index contributed by atoms with van der Waals surface area (Å²) in [5.74, 6) is -3.42. The average Bonchev–Trinajstić information content (AvgIpc) is 2.61. The Hall–Kier alpha value is -3.09. The first-order chi connectivity index (χ1) is 12.0. The van der Waals surface area contributed by atoms with Gasteiger partial charge in [0.2, 0.25) is 0 Å². The summed E-state index contributed by atoms with van der Waals surface area (Å²) in [6, 6.07) is 11.1. The quantitative estimate of drug-likeness (QED) is 0.617. The molecule has 0 fully saturated rings. The lowest BCUT2D eigenvalue weighted by molar-refractivity contribution is -0.147. The minimum atomic E-state index is -0.937. The number of rotatable bonds is 7. The van der Waals surface area contributed by atoms with Gasteiger partial charge < -0.3 is 10.1 Å². The molecular weight excluding hydrogens is 332 g/mol. The van der Waals surface area contributed by atoms with Gasteiger partial charge in [-0.25, -0.2) is 8.78 Å². The highest BCUT2D eigenvalue weighted by Crippen LogP contribution is 2.14. The molecule has 0 radical (unpaired) electrons. The fraction of sp³-hybridized carbons (Fsp3) is 0.167. The molecule has 7 heteroatoms. The van der Waals surface area contributed by atoms with Gasteiger partial charge in [-0.2, -0.15) is 0 Å². The summed E-state index contributed by atoms with van der Waals surface area (Å²) in [7, 11) is 0. The maximum Gasteiger partial charge on any atom is 0.306 e. The van der Waals surface area contributed by atoms with Gasteiger partial charge in [-0.1, -0.05) is 30.3 Å². The molecule has 25 heavy (non-hydrogen) atoms. The lowest BCUT2D eigenvalue weighted by Crippen LogP contribution is -2.21. The molecule has 0 saturated carbocycles. The molecule has 0 aromatic heterocycles. The molecule has 0 unspecified atom stereocenters. The number of esters is 1. The van der Waals surface area contributed by atoms with E-state index in [1.807, 2.05) is 0 Å². The molecule has 0 aliphatic carbocycles. The Balaban J connectivity index is 1.74. The van der Waals surface area contributed by atoms with E-state index in [9.17, 15) is 23.2 Å². The lowest BCUT2D eigenvalue weighted by atomic mass is 10.1. The Kier molecular flexibility index (Phi) is 6.33. The fourth-order valence-corrected chi connectivity index (χ4v) is 1.98. The van der Waals surface area contributed by atoms with Crippen LogP contribution in [-0.2, 0) is 14.3 Å². The van der Waals surface area contributed by atoms with Gasteiger partial charge in [0.05, 0.1) is 12.1 Å². The van der Waals surface area contributed by atoms with Gasteiger partial charge in [-0.3, -0.25) is 14.4 Å². The van der Waals surface area contributed by atoms with Crippen LogP contribution < -0.4 is 5.32 Å². The third kappa shape index (κ3) is 5.80. The Morgan fingerprint density at radius 2 is 1.68 bits per heavy atom. The summed E-state index contributed by atoms with van der Waals surface area (Å²) >= 11 is 0. The number of hydrogen-bond donors (Lipinski definition) is 1.